The zero-order valence-electron chi connectivity index (χ0n) is 11.0. The number of carbonyl (C=O) groups is 2. The van der Waals surface area contributed by atoms with Crippen LogP contribution in [0.3, 0.4) is 0 Å². The van der Waals surface area contributed by atoms with E-state index in [1.807, 2.05) is 0 Å². The Morgan fingerprint density at radius 3 is 2.09 bits per heavy atom. The van der Waals surface area contributed by atoms with Gasteiger partial charge in [0, 0.05) is 5.56 Å². The Morgan fingerprint density at radius 2 is 1.52 bits per heavy atom. The lowest BCUT2D eigenvalue weighted by molar-refractivity contribution is -0.137. The van der Waals surface area contributed by atoms with Gasteiger partial charge in [-0.05, 0) is 12.1 Å². The number of nitrogens with one attached hydrogen (secondary N) is 1. The maximum atomic E-state index is 12.5. The van der Waals surface area contributed by atoms with Gasteiger partial charge in [-0.3, -0.25) is 9.59 Å². The number of ketones is 2. The van der Waals surface area contributed by atoms with Gasteiger partial charge in [0.2, 0.25) is 11.6 Å². The monoisotopic (exact) mass is 360 g/mol. The second-order valence-corrected chi connectivity index (χ2v) is 5.43. The maximum Gasteiger partial charge on any atom is 0.416 e. The van der Waals surface area contributed by atoms with Crippen LogP contribution in [0, 0.1) is 0 Å². The molecule has 0 radical (unpaired) electrons. The summed E-state index contributed by atoms with van der Waals surface area (Å²) >= 11 is 11.3. The molecule has 0 atom stereocenters. The van der Waals surface area contributed by atoms with Crippen molar-refractivity contribution in [2.24, 2.45) is 0 Å². The number of aromatic nitrogens is 2. The minimum atomic E-state index is -4.46. The van der Waals surface area contributed by atoms with Crippen molar-refractivity contribution in [2.45, 2.75) is 6.18 Å². The molecule has 4 nitrogen and oxygen atoms in total. The lowest BCUT2D eigenvalue weighted by Gasteiger charge is -2.07. The first-order valence-electron chi connectivity index (χ1n) is 6.12. The Hall–Kier alpha value is -2.12. The number of fused-ring (bicyclic) bond motifs is 1. The first kappa shape index (κ1) is 15.8. The molecule has 9 heteroatoms. The number of benzene rings is 1. The fraction of sp³-hybridized carbons (Fsp3) is 0.0714. The number of H-pyrrole nitrogens is 1. The second-order valence-electron chi connectivity index (χ2n) is 4.67. The first-order valence-corrected chi connectivity index (χ1v) is 6.88. The SMILES string of the molecule is O=C1C(Cl)=C(Cl)C(=O)c2[nH]c(-c3ccc(C(F)(F)F)cc3)nc21. The van der Waals surface area contributed by atoms with E-state index in [-0.39, 0.29) is 22.8 Å². The van der Waals surface area contributed by atoms with E-state index in [0.717, 1.165) is 12.1 Å². The van der Waals surface area contributed by atoms with Crippen LogP contribution in [-0.2, 0) is 6.18 Å². The summed E-state index contributed by atoms with van der Waals surface area (Å²) in [4.78, 5) is 30.4. The minimum Gasteiger partial charge on any atom is -0.335 e. The highest BCUT2D eigenvalue weighted by molar-refractivity contribution is 6.59. The van der Waals surface area contributed by atoms with Crippen molar-refractivity contribution in [2.75, 3.05) is 0 Å². The molecule has 0 aliphatic heterocycles. The van der Waals surface area contributed by atoms with Gasteiger partial charge in [-0.2, -0.15) is 13.2 Å². The predicted molar refractivity (Wildman–Crippen MR) is 76.4 cm³/mol. The maximum absolute atomic E-state index is 12.5. The summed E-state index contributed by atoms with van der Waals surface area (Å²) in [5.41, 5.74) is -0.892. The normalized spacial score (nSPS) is 15.2. The topological polar surface area (TPSA) is 62.8 Å². The highest BCUT2D eigenvalue weighted by atomic mass is 35.5. The number of allylic oxidation sites excluding steroid dienone is 2. The third kappa shape index (κ3) is 2.55. The molecule has 3 rings (SSSR count). The molecular formula is C14H5Cl2F3N2O2. The van der Waals surface area contributed by atoms with Crippen LogP contribution in [0.5, 0.6) is 0 Å². The van der Waals surface area contributed by atoms with Crippen molar-refractivity contribution >= 4 is 34.8 Å². The lowest BCUT2D eigenvalue weighted by atomic mass is 10.1. The molecule has 1 aromatic heterocycles. The highest BCUT2D eigenvalue weighted by Gasteiger charge is 2.34. The van der Waals surface area contributed by atoms with E-state index in [4.69, 9.17) is 23.2 Å². The lowest BCUT2D eigenvalue weighted by Crippen LogP contribution is -2.17. The molecule has 0 saturated carbocycles. The number of alkyl halides is 3. The first-order chi connectivity index (χ1) is 10.7. The molecule has 1 aromatic carbocycles. The molecule has 1 N–H and O–H groups in total. The number of rotatable bonds is 1. The smallest absolute Gasteiger partial charge is 0.335 e. The second kappa shape index (κ2) is 5.21. The van der Waals surface area contributed by atoms with E-state index in [0.29, 0.717) is 0 Å². The Balaban J connectivity index is 2.04. The predicted octanol–water partition coefficient (Wildman–Crippen LogP) is 4.16. The van der Waals surface area contributed by atoms with Crippen molar-refractivity contribution in [1.82, 2.24) is 9.97 Å². The summed E-state index contributed by atoms with van der Waals surface area (Å²) in [6.45, 7) is 0. The summed E-state index contributed by atoms with van der Waals surface area (Å²) in [5, 5.41) is -0.860. The molecule has 1 aliphatic carbocycles. The highest BCUT2D eigenvalue weighted by Crippen LogP contribution is 2.33. The zero-order chi connectivity index (χ0) is 16.9. The Labute approximate surface area is 136 Å². The molecule has 118 valence electrons. The van der Waals surface area contributed by atoms with Crippen LogP contribution < -0.4 is 0 Å². The molecule has 0 saturated heterocycles. The van der Waals surface area contributed by atoms with Crippen LogP contribution in [0.4, 0.5) is 13.2 Å². The van der Waals surface area contributed by atoms with Crippen molar-refractivity contribution in [3.8, 4) is 11.4 Å². The molecular weight excluding hydrogens is 356 g/mol. The van der Waals surface area contributed by atoms with Gasteiger partial charge in [0.1, 0.15) is 27.3 Å². The van der Waals surface area contributed by atoms with Gasteiger partial charge < -0.3 is 4.98 Å². The van der Waals surface area contributed by atoms with Gasteiger partial charge >= 0.3 is 6.18 Å². The zero-order valence-corrected chi connectivity index (χ0v) is 12.5. The number of aromatic amines is 1. The van der Waals surface area contributed by atoms with Gasteiger partial charge in [-0.25, -0.2) is 4.98 Å². The molecule has 0 bridgehead atoms. The summed E-state index contributed by atoms with van der Waals surface area (Å²) in [7, 11) is 0. The van der Waals surface area contributed by atoms with E-state index in [1.54, 1.807) is 0 Å². The number of hydrogen-bond acceptors (Lipinski definition) is 3. The summed E-state index contributed by atoms with van der Waals surface area (Å²) in [6.07, 6.45) is -4.46. The fourth-order valence-corrected chi connectivity index (χ4v) is 2.42. The van der Waals surface area contributed by atoms with Crippen LogP contribution in [0.2, 0.25) is 0 Å². The fourth-order valence-electron chi connectivity index (χ4n) is 2.07. The Kier molecular flexibility index (Phi) is 3.57. The summed E-state index contributed by atoms with van der Waals surface area (Å²) < 4.78 is 37.6. The van der Waals surface area contributed by atoms with Crippen LogP contribution in [0.1, 0.15) is 26.5 Å². The van der Waals surface area contributed by atoms with Crippen LogP contribution >= 0.6 is 23.2 Å². The van der Waals surface area contributed by atoms with E-state index >= 15 is 0 Å². The van der Waals surface area contributed by atoms with Gasteiger partial charge in [-0.15, -0.1) is 0 Å². The molecule has 2 aromatic rings. The van der Waals surface area contributed by atoms with Gasteiger partial charge in [0.15, 0.2) is 0 Å². The average Bonchev–Trinajstić information content (AvgIpc) is 2.95. The number of carbonyl (C=O) groups excluding carboxylic acids is 2. The average molecular weight is 361 g/mol. The number of halogens is 5. The van der Waals surface area contributed by atoms with Gasteiger partial charge in [0.05, 0.1) is 5.56 Å². The van der Waals surface area contributed by atoms with Gasteiger partial charge in [0.25, 0.3) is 0 Å². The molecule has 1 heterocycles. The third-order valence-corrected chi connectivity index (χ3v) is 4.04. The number of imidazole rings is 1. The largest absolute Gasteiger partial charge is 0.416 e. The Bertz CT molecular complexity index is 826. The van der Waals surface area contributed by atoms with Gasteiger partial charge in [-0.1, -0.05) is 35.3 Å². The number of hydrogen-bond donors (Lipinski definition) is 1. The minimum absolute atomic E-state index is 0.0706. The molecule has 0 fully saturated rings. The summed E-state index contributed by atoms with van der Waals surface area (Å²) in [6, 6.07) is 4.11. The third-order valence-electron chi connectivity index (χ3n) is 3.22. The van der Waals surface area contributed by atoms with Crippen molar-refractivity contribution in [3.63, 3.8) is 0 Å². The van der Waals surface area contributed by atoms with E-state index in [1.165, 1.54) is 12.1 Å². The molecule has 0 spiro atoms. The Morgan fingerprint density at radius 1 is 0.957 bits per heavy atom. The van der Waals surface area contributed by atoms with Crippen LogP contribution in [-0.4, -0.2) is 21.5 Å². The van der Waals surface area contributed by atoms with E-state index in [2.05, 4.69) is 9.97 Å². The van der Waals surface area contributed by atoms with E-state index < -0.39 is 33.4 Å². The van der Waals surface area contributed by atoms with Crippen LogP contribution in [0.15, 0.2) is 34.3 Å². The van der Waals surface area contributed by atoms with Crippen molar-refractivity contribution in [3.05, 3.63) is 51.3 Å². The van der Waals surface area contributed by atoms with Crippen molar-refractivity contribution in [1.29, 1.82) is 0 Å². The van der Waals surface area contributed by atoms with E-state index in [9.17, 15) is 22.8 Å². The molecule has 0 unspecified atom stereocenters. The van der Waals surface area contributed by atoms with Crippen molar-refractivity contribution < 1.29 is 22.8 Å². The molecule has 0 amide bonds. The molecule has 23 heavy (non-hydrogen) atoms. The van der Waals surface area contributed by atoms with Crippen LogP contribution in [0.25, 0.3) is 11.4 Å². The molecule has 1 aliphatic rings. The quantitative estimate of drug-likeness (QED) is 0.830. The number of nitrogens with zero attached hydrogens (tertiary/aromatic N) is 1. The summed E-state index contributed by atoms with van der Waals surface area (Å²) in [5.74, 6) is -1.35. The number of Topliss-reactive ketones (excluding diaryl/α,β-unsaturated/α-hetero) is 2. The standard InChI is InChI=1S/C14H5Cl2F3N2O2/c15-7-8(16)12(23)10-9(11(7)22)20-13(21-10)5-1-3-6(4-2-5)14(17,18)19/h1-4H,(H,20,21).